The molecule has 102 valence electrons. The summed E-state index contributed by atoms with van der Waals surface area (Å²) in [6, 6.07) is 8.84. The summed E-state index contributed by atoms with van der Waals surface area (Å²) in [5, 5.41) is 12.4. The Balaban J connectivity index is 2.34. The van der Waals surface area contributed by atoms with E-state index in [1.54, 1.807) is 0 Å². The van der Waals surface area contributed by atoms with E-state index in [1.165, 1.54) is 11.1 Å². The molecule has 0 saturated heterocycles. The van der Waals surface area contributed by atoms with E-state index in [2.05, 4.69) is 50.4 Å². The summed E-state index contributed by atoms with van der Waals surface area (Å²) in [7, 11) is 0. The Hall–Kier alpha value is -0.860. The second kappa shape index (κ2) is 8.28. The SMILES string of the molecule is CCC(CCO)CNCc1ccc(C(C)C)cc1. The van der Waals surface area contributed by atoms with Crippen LogP contribution in [0.25, 0.3) is 0 Å². The van der Waals surface area contributed by atoms with Crippen LogP contribution in [0.1, 0.15) is 50.7 Å². The van der Waals surface area contributed by atoms with Crippen LogP contribution in [0.4, 0.5) is 0 Å². The van der Waals surface area contributed by atoms with Crippen molar-refractivity contribution in [2.45, 2.75) is 46.1 Å². The molecule has 1 aromatic carbocycles. The fourth-order valence-electron chi connectivity index (χ4n) is 2.07. The number of aliphatic hydroxyl groups excluding tert-OH is 1. The van der Waals surface area contributed by atoms with E-state index in [0.717, 1.165) is 25.9 Å². The molecule has 0 aromatic heterocycles. The van der Waals surface area contributed by atoms with Crippen LogP contribution in [-0.4, -0.2) is 18.3 Å². The Morgan fingerprint density at radius 2 is 1.83 bits per heavy atom. The lowest BCUT2D eigenvalue weighted by Gasteiger charge is -2.14. The Morgan fingerprint density at radius 1 is 1.17 bits per heavy atom. The molecule has 0 radical (unpaired) electrons. The molecular formula is C16H27NO. The standard InChI is InChI=1S/C16H27NO/c1-4-14(9-10-18)11-17-12-15-5-7-16(8-6-15)13(2)3/h5-8,13-14,17-18H,4,9-12H2,1-3H3. The van der Waals surface area contributed by atoms with Crippen molar-refractivity contribution in [1.29, 1.82) is 0 Å². The van der Waals surface area contributed by atoms with Crippen LogP contribution in [0.5, 0.6) is 0 Å². The van der Waals surface area contributed by atoms with Crippen molar-refractivity contribution in [2.75, 3.05) is 13.2 Å². The zero-order valence-electron chi connectivity index (χ0n) is 11.9. The van der Waals surface area contributed by atoms with Crippen molar-refractivity contribution < 1.29 is 5.11 Å². The predicted molar refractivity (Wildman–Crippen MR) is 77.7 cm³/mol. The molecule has 0 bridgehead atoms. The largest absolute Gasteiger partial charge is 0.396 e. The van der Waals surface area contributed by atoms with Crippen LogP contribution < -0.4 is 5.32 Å². The summed E-state index contributed by atoms with van der Waals surface area (Å²) in [5.74, 6) is 1.19. The van der Waals surface area contributed by atoms with Crippen LogP contribution in [0.3, 0.4) is 0 Å². The normalized spacial score (nSPS) is 12.9. The fourth-order valence-corrected chi connectivity index (χ4v) is 2.07. The molecule has 0 aliphatic rings. The lowest BCUT2D eigenvalue weighted by atomic mass is 10.0. The topological polar surface area (TPSA) is 32.3 Å². The van der Waals surface area contributed by atoms with Gasteiger partial charge in [0.2, 0.25) is 0 Å². The Bertz CT molecular complexity index is 318. The van der Waals surface area contributed by atoms with E-state index in [4.69, 9.17) is 5.11 Å². The third-order valence-electron chi connectivity index (χ3n) is 3.52. The van der Waals surface area contributed by atoms with Gasteiger partial charge in [-0.25, -0.2) is 0 Å². The highest BCUT2D eigenvalue weighted by atomic mass is 16.3. The third-order valence-corrected chi connectivity index (χ3v) is 3.52. The van der Waals surface area contributed by atoms with E-state index in [9.17, 15) is 0 Å². The van der Waals surface area contributed by atoms with Gasteiger partial charge in [-0.3, -0.25) is 0 Å². The smallest absolute Gasteiger partial charge is 0.0434 e. The second-order valence-electron chi connectivity index (χ2n) is 5.31. The van der Waals surface area contributed by atoms with Crippen LogP contribution in [0.15, 0.2) is 24.3 Å². The lowest BCUT2D eigenvalue weighted by Crippen LogP contribution is -2.22. The predicted octanol–water partition coefficient (Wildman–Crippen LogP) is 3.31. The quantitative estimate of drug-likeness (QED) is 0.741. The van der Waals surface area contributed by atoms with Gasteiger partial charge in [0.15, 0.2) is 0 Å². The van der Waals surface area contributed by atoms with Crippen molar-refractivity contribution in [3.05, 3.63) is 35.4 Å². The molecule has 0 spiro atoms. The van der Waals surface area contributed by atoms with Gasteiger partial charge in [0.25, 0.3) is 0 Å². The van der Waals surface area contributed by atoms with E-state index < -0.39 is 0 Å². The van der Waals surface area contributed by atoms with Crippen LogP contribution in [0.2, 0.25) is 0 Å². The van der Waals surface area contributed by atoms with Gasteiger partial charge < -0.3 is 10.4 Å². The summed E-state index contributed by atoms with van der Waals surface area (Å²) in [5.41, 5.74) is 2.73. The highest BCUT2D eigenvalue weighted by Gasteiger charge is 2.05. The number of hydrogen-bond acceptors (Lipinski definition) is 2. The zero-order valence-corrected chi connectivity index (χ0v) is 11.9. The van der Waals surface area contributed by atoms with Gasteiger partial charge in [-0.15, -0.1) is 0 Å². The zero-order chi connectivity index (χ0) is 13.4. The number of aliphatic hydroxyl groups is 1. The maximum absolute atomic E-state index is 8.94. The summed E-state index contributed by atoms with van der Waals surface area (Å²) in [4.78, 5) is 0. The number of benzene rings is 1. The van der Waals surface area contributed by atoms with Gasteiger partial charge in [0.1, 0.15) is 0 Å². The monoisotopic (exact) mass is 249 g/mol. The highest BCUT2D eigenvalue weighted by Crippen LogP contribution is 2.14. The molecular weight excluding hydrogens is 222 g/mol. The Labute approximate surface area is 111 Å². The maximum atomic E-state index is 8.94. The first kappa shape index (κ1) is 15.2. The van der Waals surface area contributed by atoms with Gasteiger partial charge in [-0.1, -0.05) is 51.5 Å². The van der Waals surface area contributed by atoms with Crippen molar-refractivity contribution in [2.24, 2.45) is 5.92 Å². The van der Waals surface area contributed by atoms with Crippen molar-refractivity contribution in [3.8, 4) is 0 Å². The molecule has 18 heavy (non-hydrogen) atoms. The van der Waals surface area contributed by atoms with Gasteiger partial charge >= 0.3 is 0 Å². The summed E-state index contributed by atoms with van der Waals surface area (Å²) in [6.45, 7) is 8.81. The molecule has 1 atom stereocenters. The van der Waals surface area contributed by atoms with Gasteiger partial charge in [0.05, 0.1) is 0 Å². The molecule has 0 saturated carbocycles. The molecule has 0 aliphatic heterocycles. The number of rotatable bonds is 8. The second-order valence-corrected chi connectivity index (χ2v) is 5.31. The molecule has 0 heterocycles. The van der Waals surface area contributed by atoms with Crippen molar-refractivity contribution in [1.82, 2.24) is 5.32 Å². The van der Waals surface area contributed by atoms with Gasteiger partial charge in [-0.05, 0) is 35.9 Å². The van der Waals surface area contributed by atoms with E-state index in [-0.39, 0.29) is 0 Å². The van der Waals surface area contributed by atoms with Crippen molar-refractivity contribution >= 4 is 0 Å². The highest BCUT2D eigenvalue weighted by molar-refractivity contribution is 5.24. The summed E-state index contributed by atoms with van der Waals surface area (Å²) >= 11 is 0. The molecule has 1 aromatic rings. The van der Waals surface area contributed by atoms with E-state index in [1.807, 2.05) is 0 Å². The number of nitrogens with one attached hydrogen (secondary N) is 1. The fraction of sp³-hybridized carbons (Fsp3) is 0.625. The first-order valence-electron chi connectivity index (χ1n) is 7.07. The number of hydrogen-bond donors (Lipinski definition) is 2. The molecule has 0 aliphatic carbocycles. The molecule has 2 heteroatoms. The first-order chi connectivity index (χ1) is 8.67. The molecule has 1 unspecified atom stereocenters. The average molecular weight is 249 g/mol. The van der Waals surface area contributed by atoms with Gasteiger partial charge in [-0.2, -0.15) is 0 Å². The average Bonchev–Trinajstić information content (AvgIpc) is 2.38. The maximum Gasteiger partial charge on any atom is 0.0434 e. The van der Waals surface area contributed by atoms with Crippen LogP contribution in [-0.2, 0) is 6.54 Å². The molecule has 0 amide bonds. The minimum absolute atomic E-state index is 0.295. The molecule has 2 nitrogen and oxygen atoms in total. The van der Waals surface area contributed by atoms with Crippen molar-refractivity contribution in [3.63, 3.8) is 0 Å². The Morgan fingerprint density at radius 3 is 2.33 bits per heavy atom. The summed E-state index contributed by atoms with van der Waals surface area (Å²) < 4.78 is 0. The Kier molecular flexibility index (Phi) is 6.99. The van der Waals surface area contributed by atoms with E-state index in [0.29, 0.717) is 18.4 Å². The summed E-state index contributed by atoms with van der Waals surface area (Å²) in [6.07, 6.45) is 2.02. The molecule has 0 fully saturated rings. The molecule has 2 N–H and O–H groups in total. The minimum atomic E-state index is 0.295. The van der Waals surface area contributed by atoms with Gasteiger partial charge in [0, 0.05) is 13.2 Å². The minimum Gasteiger partial charge on any atom is -0.396 e. The van der Waals surface area contributed by atoms with E-state index >= 15 is 0 Å². The lowest BCUT2D eigenvalue weighted by molar-refractivity contribution is 0.251. The van der Waals surface area contributed by atoms with Crippen LogP contribution >= 0.6 is 0 Å². The van der Waals surface area contributed by atoms with Crippen LogP contribution in [0, 0.1) is 5.92 Å². The third kappa shape index (κ3) is 5.19. The molecule has 1 rings (SSSR count). The first-order valence-corrected chi connectivity index (χ1v) is 7.07.